The van der Waals surface area contributed by atoms with Gasteiger partial charge in [0.25, 0.3) is 5.91 Å². The Hall–Kier alpha value is -2.28. The Labute approximate surface area is 128 Å². The zero-order valence-corrected chi connectivity index (χ0v) is 12.6. The van der Waals surface area contributed by atoms with E-state index in [2.05, 4.69) is 19.7 Å². The quantitative estimate of drug-likeness (QED) is 0.846. The van der Waals surface area contributed by atoms with E-state index in [1.807, 2.05) is 24.3 Å². The van der Waals surface area contributed by atoms with Gasteiger partial charge in [-0.2, -0.15) is 10.2 Å². The third kappa shape index (κ3) is 2.99. The topological polar surface area (TPSA) is 73.1 Å². The molecule has 0 bridgehead atoms. The molecule has 0 saturated carbocycles. The minimum absolute atomic E-state index is 0.0421. The normalized spacial score (nSPS) is 17.9. The van der Waals surface area contributed by atoms with Crippen LogP contribution in [0.4, 0.5) is 0 Å². The minimum Gasteiger partial charge on any atom is -0.380 e. The van der Waals surface area contributed by atoms with Crippen molar-refractivity contribution in [2.75, 3.05) is 13.2 Å². The number of amides is 1. The highest BCUT2D eigenvalue weighted by molar-refractivity contribution is 5.94. The SMILES string of the molecule is CCOCC1CCn2cncc2CN1C(=O)c1ccnnc1. The Morgan fingerprint density at radius 2 is 2.32 bits per heavy atom. The second kappa shape index (κ2) is 6.65. The van der Waals surface area contributed by atoms with Crippen LogP contribution in [-0.4, -0.2) is 49.8 Å². The fourth-order valence-corrected chi connectivity index (χ4v) is 2.68. The molecule has 0 aromatic carbocycles. The summed E-state index contributed by atoms with van der Waals surface area (Å²) < 4.78 is 7.67. The van der Waals surface area contributed by atoms with E-state index >= 15 is 0 Å². The van der Waals surface area contributed by atoms with Crippen LogP contribution in [0.25, 0.3) is 0 Å². The molecule has 0 aliphatic carbocycles. The lowest BCUT2D eigenvalue weighted by Crippen LogP contribution is -2.42. The maximum absolute atomic E-state index is 12.8. The van der Waals surface area contributed by atoms with Crippen LogP contribution in [-0.2, 0) is 17.8 Å². The van der Waals surface area contributed by atoms with E-state index in [9.17, 15) is 4.79 Å². The van der Waals surface area contributed by atoms with Gasteiger partial charge >= 0.3 is 0 Å². The van der Waals surface area contributed by atoms with Gasteiger partial charge in [0.1, 0.15) is 0 Å². The lowest BCUT2D eigenvalue weighted by Gasteiger charge is -2.29. The number of fused-ring (bicyclic) bond motifs is 1. The fourth-order valence-electron chi connectivity index (χ4n) is 2.68. The van der Waals surface area contributed by atoms with E-state index in [0.29, 0.717) is 25.3 Å². The fraction of sp³-hybridized carbons (Fsp3) is 0.467. The molecule has 3 heterocycles. The standard InChI is InChI=1S/C15H19N5O2/c1-2-22-10-13-4-6-19-11-16-8-14(19)9-20(13)15(21)12-3-5-17-18-7-12/h3,5,7-8,11,13H,2,4,6,9-10H2,1H3. The van der Waals surface area contributed by atoms with Crippen LogP contribution in [0.1, 0.15) is 29.4 Å². The molecule has 116 valence electrons. The van der Waals surface area contributed by atoms with E-state index in [1.165, 1.54) is 12.4 Å². The van der Waals surface area contributed by atoms with Crippen molar-refractivity contribution in [2.24, 2.45) is 0 Å². The minimum atomic E-state index is -0.0470. The summed E-state index contributed by atoms with van der Waals surface area (Å²) in [6.45, 7) is 4.51. The number of carbonyl (C=O) groups excluding carboxylic acids is 1. The first-order chi connectivity index (χ1) is 10.8. The van der Waals surface area contributed by atoms with Crippen molar-refractivity contribution in [3.63, 3.8) is 0 Å². The van der Waals surface area contributed by atoms with E-state index < -0.39 is 0 Å². The van der Waals surface area contributed by atoms with Crippen LogP contribution >= 0.6 is 0 Å². The molecule has 7 nitrogen and oxygen atoms in total. The summed E-state index contributed by atoms with van der Waals surface area (Å²) in [5.74, 6) is -0.0470. The van der Waals surface area contributed by atoms with E-state index in [1.54, 1.807) is 6.07 Å². The predicted octanol–water partition coefficient (Wildman–Crippen LogP) is 1.12. The molecule has 7 heteroatoms. The Morgan fingerprint density at radius 3 is 3.09 bits per heavy atom. The highest BCUT2D eigenvalue weighted by Crippen LogP contribution is 2.20. The number of imidazole rings is 1. The van der Waals surface area contributed by atoms with Gasteiger partial charge in [-0.3, -0.25) is 4.79 Å². The van der Waals surface area contributed by atoms with Gasteiger partial charge in [-0.1, -0.05) is 0 Å². The van der Waals surface area contributed by atoms with E-state index in [-0.39, 0.29) is 11.9 Å². The summed E-state index contributed by atoms with van der Waals surface area (Å²) in [6, 6.07) is 1.73. The summed E-state index contributed by atoms with van der Waals surface area (Å²) in [5, 5.41) is 7.53. The smallest absolute Gasteiger partial charge is 0.256 e. The van der Waals surface area contributed by atoms with Gasteiger partial charge in [-0.15, -0.1) is 0 Å². The summed E-state index contributed by atoms with van der Waals surface area (Å²) in [5.41, 5.74) is 1.58. The van der Waals surface area contributed by atoms with Gasteiger partial charge in [0.15, 0.2) is 0 Å². The van der Waals surface area contributed by atoms with Crippen molar-refractivity contribution < 1.29 is 9.53 Å². The van der Waals surface area contributed by atoms with Crippen LogP contribution in [0.3, 0.4) is 0 Å². The molecule has 0 fully saturated rings. The second-order valence-electron chi connectivity index (χ2n) is 5.24. The molecule has 3 rings (SSSR count). The van der Waals surface area contributed by atoms with Gasteiger partial charge in [0.05, 0.1) is 49.2 Å². The molecule has 1 unspecified atom stereocenters. The molecule has 0 N–H and O–H groups in total. The zero-order valence-electron chi connectivity index (χ0n) is 12.6. The van der Waals surface area contributed by atoms with Crippen LogP contribution < -0.4 is 0 Å². The first-order valence-electron chi connectivity index (χ1n) is 7.44. The van der Waals surface area contributed by atoms with Crippen molar-refractivity contribution in [1.29, 1.82) is 0 Å². The summed E-state index contributed by atoms with van der Waals surface area (Å²) in [4.78, 5) is 18.9. The summed E-state index contributed by atoms with van der Waals surface area (Å²) >= 11 is 0. The third-order valence-corrected chi connectivity index (χ3v) is 3.88. The molecule has 2 aromatic heterocycles. The number of carbonyl (C=O) groups is 1. The van der Waals surface area contributed by atoms with Gasteiger partial charge < -0.3 is 14.2 Å². The van der Waals surface area contributed by atoms with Gasteiger partial charge in [-0.25, -0.2) is 4.98 Å². The molecule has 2 aromatic rings. The number of aromatic nitrogens is 4. The number of hydrogen-bond acceptors (Lipinski definition) is 5. The molecule has 0 saturated heterocycles. The van der Waals surface area contributed by atoms with Gasteiger partial charge in [0, 0.05) is 19.3 Å². The lowest BCUT2D eigenvalue weighted by atomic mass is 10.1. The van der Waals surface area contributed by atoms with Crippen molar-refractivity contribution in [3.8, 4) is 0 Å². The average Bonchev–Trinajstić information content (AvgIpc) is 2.93. The van der Waals surface area contributed by atoms with Gasteiger partial charge in [-0.05, 0) is 19.4 Å². The first-order valence-corrected chi connectivity index (χ1v) is 7.44. The molecule has 0 radical (unpaired) electrons. The van der Waals surface area contributed by atoms with Crippen molar-refractivity contribution >= 4 is 5.91 Å². The first kappa shape index (κ1) is 14.6. The van der Waals surface area contributed by atoms with Crippen molar-refractivity contribution in [3.05, 3.63) is 42.2 Å². The predicted molar refractivity (Wildman–Crippen MR) is 79.0 cm³/mol. The largest absolute Gasteiger partial charge is 0.380 e. The summed E-state index contributed by atoms with van der Waals surface area (Å²) in [7, 11) is 0. The van der Waals surface area contributed by atoms with Gasteiger partial charge in [0.2, 0.25) is 0 Å². The highest BCUT2D eigenvalue weighted by atomic mass is 16.5. The number of rotatable bonds is 4. The molecular weight excluding hydrogens is 282 g/mol. The molecule has 1 aliphatic heterocycles. The molecule has 0 spiro atoms. The van der Waals surface area contributed by atoms with E-state index in [4.69, 9.17) is 4.74 Å². The Morgan fingerprint density at radius 1 is 1.41 bits per heavy atom. The maximum atomic E-state index is 12.8. The number of nitrogens with zero attached hydrogens (tertiary/aromatic N) is 5. The lowest BCUT2D eigenvalue weighted by molar-refractivity contribution is 0.0422. The Bertz CT molecular complexity index is 628. The number of ether oxygens (including phenoxy) is 1. The third-order valence-electron chi connectivity index (χ3n) is 3.88. The van der Waals surface area contributed by atoms with Crippen LogP contribution in [0.5, 0.6) is 0 Å². The Kier molecular flexibility index (Phi) is 4.43. The highest BCUT2D eigenvalue weighted by Gasteiger charge is 2.28. The molecule has 1 amide bonds. The monoisotopic (exact) mass is 301 g/mol. The van der Waals surface area contributed by atoms with Crippen LogP contribution in [0.2, 0.25) is 0 Å². The molecule has 1 atom stereocenters. The number of hydrogen-bond donors (Lipinski definition) is 0. The Balaban J connectivity index is 1.86. The van der Waals surface area contributed by atoms with Crippen molar-refractivity contribution in [2.45, 2.75) is 32.5 Å². The maximum Gasteiger partial charge on any atom is 0.256 e. The number of aryl methyl sites for hydroxylation is 1. The average molecular weight is 301 g/mol. The summed E-state index contributed by atoms with van der Waals surface area (Å²) in [6.07, 6.45) is 7.51. The zero-order chi connectivity index (χ0) is 15.4. The molecule has 22 heavy (non-hydrogen) atoms. The molecule has 1 aliphatic rings. The van der Waals surface area contributed by atoms with Crippen molar-refractivity contribution in [1.82, 2.24) is 24.6 Å². The second-order valence-corrected chi connectivity index (χ2v) is 5.24. The van der Waals surface area contributed by atoms with E-state index in [0.717, 1.165) is 18.7 Å². The van der Waals surface area contributed by atoms with Crippen LogP contribution in [0, 0.1) is 0 Å². The molecular formula is C15H19N5O2. The van der Waals surface area contributed by atoms with Crippen LogP contribution in [0.15, 0.2) is 31.0 Å².